The number of aromatic amines is 1. The summed E-state index contributed by atoms with van der Waals surface area (Å²) in [5.41, 5.74) is 1.46. The standard InChI is InChI=1S/C21H16N6O6S3/c1-9(28)13-17(29)26-15(19(30)33-7-10-2-4-11(5-3-10)27(31)32)21(35-18(13)26)36-20(34)14-12-6-24-25-16(12)23-8-22-14/h2-6,8-9,13,18,28H,7H2,1H3,(H,22,23,24,25)/t9-,13+,18-/m1/s1. The molecule has 1 saturated heterocycles. The molecule has 4 heterocycles. The van der Waals surface area contributed by atoms with Crippen molar-refractivity contribution in [3.8, 4) is 0 Å². The second kappa shape index (κ2) is 9.57. The van der Waals surface area contributed by atoms with E-state index in [2.05, 4.69) is 20.2 Å². The first-order valence-electron chi connectivity index (χ1n) is 10.4. The Morgan fingerprint density at radius 2 is 2.14 bits per heavy atom. The highest BCUT2D eigenvalue weighted by Crippen LogP contribution is 2.54. The number of aliphatic hydroxyl groups is 1. The number of aromatic nitrogens is 4. The van der Waals surface area contributed by atoms with E-state index in [0.717, 1.165) is 11.8 Å². The largest absolute Gasteiger partial charge is 0.456 e. The number of thiocarbonyl (C=S) groups is 1. The first kappa shape index (κ1) is 24.3. The van der Waals surface area contributed by atoms with E-state index in [1.54, 1.807) is 6.20 Å². The Kier molecular flexibility index (Phi) is 6.46. The molecule has 0 unspecified atom stereocenters. The number of carbonyl (C=O) groups is 2. The highest BCUT2D eigenvalue weighted by atomic mass is 32.2. The number of nitro benzene ring substituents is 1. The number of carbonyl (C=O) groups excluding carboxylic acids is 2. The van der Waals surface area contributed by atoms with Crippen LogP contribution in [0.1, 0.15) is 18.2 Å². The van der Waals surface area contributed by atoms with Gasteiger partial charge in [0, 0.05) is 12.1 Å². The normalized spacial score (nSPS) is 19.7. The third-order valence-corrected chi connectivity index (χ3v) is 8.50. The number of nitrogens with zero attached hydrogens (tertiary/aromatic N) is 5. The van der Waals surface area contributed by atoms with Crippen LogP contribution in [0.5, 0.6) is 0 Å². The number of hydrogen-bond acceptors (Lipinski definition) is 12. The highest BCUT2D eigenvalue weighted by Gasteiger charge is 2.58. The highest BCUT2D eigenvalue weighted by molar-refractivity contribution is 8.35. The number of rotatable bonds is 7. The number of hydrogen-bond donors (Lipinski definition) is 2. The minimum atomic E-state index is -0.896. The van der Waals surface area contributed by atoms with Crippen molar-refractivity contribution < 1.29 is 24.4 Å². The predicted molar refractivity (Wildman–Crippen MR) is 134 cm³/mol. The van der Waals surface area contributed by atoms with Crippen LogP contribution in [0.25, 0.3) is 11.0 Å². The molecule has 5 rings (SSSR count). The number of amides is 1. The lowest BCUT2D eigenvalue weighted by atomic mass is 9.92. The van der Waals surface area contributed by atoms with Gasteiger partial charge < -0.3 is 9.84 Å². The van der Waals surface area contributed by atoms with Gasteiger partial charge in [0.2, 0.25) is 5.91 Å². The third-order valence-electron chi connectivity index (χ3n) is 5.60. The molecule has 1 aromatic carbocycles. The lowest BCUT2D eigenvalue weighted by Crippen LogP contribution is -2.60. The van der Waals surface area contributed by atoms with E-state index in [-0.39, 0.29) is 23.9 Å². The van der Waals surface area contributed by atoms with E-state index in [0.29, 0.717) is 30.7 Å². The molecule has 0 spiro atoms. The van der Waals surface area contributed by atoms with Crippen molar-refractivity contribution in [3.63, 3.8) is 0 Å². The average Bonchev–Trinajstić information content (AvgIpc) is 3.45. The van der Waals surface area contributed by atoms with E-state index in [4.69, 9.17) is 17.0 Å². The number of benzene rings is 1. The molecule has 0 radical (unpaired) electrons. The smallest absolute Gasteiger partial charge is 0.357 e. The Bertz CT molecular complexity index is 1440. The Labute approximate surface area is 216 Å². The van der Waals surface area contributed by atoms with Gasteiger partial charge in [-0.3, -0.25) is 24.9 Å². The second-order valence-corrected chi connectivity index (χ2v) is 10.9. The minimum Gasteiger partial charge on any atom is -0.456 e. The molecule has 2 aliphatic rings. The fraction of sp³-hybridized carbons (Fsp3) is 0.238. The number of thioether (sulfide) groups is 2. The van der Waals surface area contributed by atoms with Crippen molar-refractivity contribution in [1.29, 1.82) is 0 Å². The zero-order chi connectivity index (χ0) is 25.6. The number of non-ortho nitro benzene ring substituents is 1. The first-order valence-corrected chi connectivity index (χ1v) is 12.6. The van der Waals surface area contributed by atoms with Gasteiger partial charge in [0.15, 0.2) is 11.3 Å². The van der Waals surface area contributed by atoms with Crippen molar-refractivity contribution in [2.45, 2.75) is 25.0 Å². The first-order chi connectivity index (χ1) is 17.3. The summed E-state index contributed by atoms with van der Waals surface area (Å²) >= 11 is 7.94. The molecule has 36 heavy (non-hydrogen) atoms. The van der Waals surface area contributed by atoms with Gasteiger partial charge in [-0.2, -0.15) is 5.10 Å². The van der Waals surface area contributed by atoms with Crippen molar-refractivity contribution in [2.75, 3.05) is 0 Å². The topological polar surface area (TPSA) is 164 Å². The van der Waals surface area contributed by atoms with Crippen LogP contribution < -0.4 is 0 Å². The van der Waals surface area contributed by atoms with Crippen molar-refractivity contribution >= 4 is 68.5 Å². The number of aliphatic hydroxyl groups excluding tert-OH is 1. The maximum Gasteiger partial charge on any atom is 0.357 e. The molecular formula is C21H16N6O6S3. The van der Waals surface area contributed by atoms with Crippen LogP contribution >= 0.6 is 35.7 Å². The molecule has 15 heteroatoms. The van der Waals surface area contributed by atoms with E-state index in [1.807, 2.05) is 0 Å². The number of ether oxygens (including phenoxy) is 1. The Balaban J connectivity index is 1.40. The summed E-state index contributed by atoms with van der Waals surface area (Å²) in [6.45, 7) is 1.38. The van der Waals surface area contributed by atoms with Gasteiger partial charge in [-0.25, -0.2) is 14.8 Å². The molecule has 0 saturated carbocycles. The summed E-state index contributed by atoms with van der Waals surface area (Å²) in [7, 11) is 0. The van der Waals surface area contributed by atoms with Crippen molar-refractivity contribution in [1.82, 2.24) is 25.1 Å². The molecule has 2 N–H and O–H groups in total. The van der Waals surface area contributed by atoms with Crippen LogP contribution in [0, 0.1) is 16.0 Å². The lowest BCUT2D eigenvalue weighted by Gasteiger charge is -2.43. The van der Waals surface area contributed by atoms with Crippen LogP contribution in [0.4, 0.5) is 5.69 Å². The van der Waals surface area contributed by atoms with Crippen LogP contribution in [0.2, 0.25) is 0 Å². The van der Waals surface area contributed by atoms with Crippen molar-refractivity contribution in [3.05, 3.63) is 68.1 Å². The van der Waals surface area contributed by atoms with E-state index < -0.39 is 28.3 Å². The van der Waals surface area contributed by atoms with Gasteiger partial charge in [0.25, 0.3) is 5.69 Å². The SMILES string of the molecule is C[C@@H](O)[C@H]1C(=O)N2C(C(=O)OCc3ccc([N+](=O)[O-])cc3)=C(SC(=S)c3ncnc4[nH]ncc34)S[C@H]12. The molecule has 3 atom stereocenters. The van der Waals surface area contributed by atoms with Gasteiger partial charge >= 0.3 is 5.97 Å². The minimum absolute atomic E-state index is 0.0404. The molecule has 0 bridgehead atoms. The fourth-order valence-electron chi connectivity index (χ4n) is 3.80. The summed E-state index contributed by atoms with van der Waals surface area (Å²) in [5, 5.41) is 27.8. The summed E-state index contributed by atoms with van der Waals surface area (Å²) in [5.74, 6) is -1.80. The number of esters is 1. The van der Waals surface area contributed by atoms with Crippen LogP contribution in [-0.2, 0) is 20.9 Å². The summed E-state index contributed by atoms with van der Waals surface area (Å²) in [4.78, 5) is 45.9. The Morgan fingerprint density at radius 1 is 1.39 bits per heavy atom. The maximum atomic E-state index is 13.1. The molecule has 1 amide bonds. The predicted octanol–water partition coefficient (Wildman–Crippen LogP) is 2.49. The lowest BCUT2D eigenvalue weighted by molar-refractivity contribution is -0.384. The number of β-lactam (4-membered cyclic amide) rings is 1. The van der Waals surface area contributed by atoms with Crippen LogP contribution in [-0.4, -0.2) is 62.6 Å². The van der Waals surface area contributed by atoms with Gasteiger partial charge in [0.05, 0.1) is 32.8 Å². The number of fused-ring (bicyclic) bond motifs is 2. The molecule has 2 aliphatic heterocycles. The molecule has 184 valence electrons. The second-order valence-electron chi connectivity index (χ2n) is 7.86. The molecular weight excluding hydrogens is 528 g/mol. The van der Waals surface area contributed by atoms with Gasteiger partial charge in [-0.1, -0.05) is 35.7 Å². The quantitative estimate of drug-likeness (QED) is 0.147. The van der Waals surface area contributed by atoms with Crippen molar-refractivity contribution in [2.24, 2.45) is 5.92 Å². The zero-order valence-electron chi connectivity index (χ0n) is 18.4. The molecule has 2 aromatic heterocycles. The van der Waals surface area contributed by atoms with E-state index in [1.165, 1.54) is 54.2 Å². The van der Waals surface area contributed by atoms with E-state index in [9.17, 15) is 24.8 Å². The number of H-pyrrole nitrogens is 1. The Morgan fingerprint density at radius 3 is 2.83 bits per heavy atom. The Hall–Kier alpha value is -3.40. The molecule has 1 fully saturated rings. The maximum absolute atomic E-state index is 13.1. The fourth-order valence-corrected chi connectivity index (χ4v) is 7.14. The summed E-state index contributed by atoms with van der Waals surface area (Å²) < 4.78 is 6.24. The summed E-state index contributed by atoms with van der Waals surface area (Å²) in [6.07, 6.45) is 2.00. The zero-order valence-corrected chi connectivity index (χ0v) is 20.8. The monoisotopic (exact) mass is 544 g/mol. The van der Waals surface area contributed by atoms with Gasteiger partial charge in [-0.15, -0.1) is 0 Å². The number of nitrogens with one attached hydrogen (secondary N) is 1. The van der Waals surface area contributed by atoms with Gasteiger partial charge in [-0.05, 0) is 24.6 Å². The molecule has 12 nitrogen and oxygen atoms in total. The molecule has 3 aromatic rings. The number of nitro groups is 1. The summed E-state index contributed by atoms with van der Waals surface area (Å²) in [6, 6.07) is 5.60. The van der Waals surface area contributed by atoms with Crippen LogP contribution in [0.3, 0.4) is 0 Å². The van der Waals surface area contributed by atoms with Crippen LogP contribution in [0.15, 0.2) is 46.7 Å². The third kappa shape index (κ3) is 4.23. The van der Waals surface area contributed by atoms with E-state index >= 15 is 0 Å². The average molecular weight is 545 g/mol. The molecule has 0 aliphatic carbocycles. The van der Waals surface area contributed by atoms with Gasteiger partial charge in [0.1, 0.15) is 28.2 Å².